The number of nitrogens with one attached hydrogen (secondary N) is 1. The Kier molecular flexibility index (Phi) is 4.14. The maximum atomic E-state index is 12.5. The Morgan fingerprint density at radius 1 is 1.47 bits per heavy atom. The molecule has 0 aliphatic rings. The smallest absolute Gasteiger partial charge is 0.418 e. The minimum Gasteiger partial charge on any atom is -0.480 e. The maximum Gasteiger partial charge on any atom is 0.418 e. The molecule has 0 aliphatic heterocycles. The number of rotatable bonds is 4. The van der Waals surface area contributed by atoms with E-state index in [9.17, 15) is 26.4 Å². The second-order valence-electron chi connectivity index (χ2n) is 3.35. The molecule has 0 aromatic heterocycles. The Bertz CT molecular complexity index is 453. The van der Waals surface area contributed by atoms with E-state index in [0.29, 0.717) is 0 Å². The van der Waals surface area contributed by atoms with Crippen LogP contribution in [0, 0.1) is 11.3 Å². The van der Waals surface area contributed by atoms with Gasteiger partial charge in [0.2, 0.25) is 15.6 Å². The van der Waals surface area contributed by atoms with Gasteiger partial charge in [-0.25, -0.2) is 13.2 Å². The third kappa shape index (κ3) is 3.07. The zero-order chi connectivity index (χ0) is 14.1. The molecule has 2 atom stereocenters. The van der Waals surface area contributed by atoms with Crippen LogP contribution in [0.25, 0.3) is 0 Å². The van der Waals surface area contributed by atoms with Crippen LogP contribution < -0.4 is 4.72 Å². The van der Waals surface area contributed by atoms with Crippen molar-refractivity contribution in [3.05, 3.63) is 0 Å². The van der Waals surface area contributed by atoms with Crippen LogP contribution >= 0.6 is 0 Å². The number of halogens is 3. The van der Waals surface area contributed by atoms with E-state index in [1.807, 2.05) is 0 Å². The number of nitrogens with zero attached hydrogens (tertiary/aromatic N) is 1. The number of alkyl halides is 3. The van der Waals surface area contributed by atoms with E-state index in [1.165, 1.54) is 6.07 Å². The summed E-state index contributed by atoms with van der Waals surface area (Å²) in [5.74, 6) is -2.40. The quantitative estimate of drug-likeness (QED) is 0.762. The minimum atomic E-state index is -5.33. The van der Waals surface area contributed by atoms with Crippen LogP contribution in [-0.4, -0.2) is 36.5 Å². The van der Waals surface area contributed by atoms with Crippen LogP contribution in [0.1, 0.15) is 13.8 Å². The average Bonchev–Trinajstić information content (AvgIpc) is 2.13. The number of aliphatic carboxylic acids is 1. The van der Waals surface area contributed by atoms with Gasteiger partial charge in [0, 0.05) is 0 Å². The van der Waals surface area contributed by atoms with Crippen molar-refractivity contribution in [3.63, 3.8) is 0 Å². The van der Waals surface area contributed by atoms with Crippen LogP contribution in [0.2, 0.25) is 0 Å². The monoisotopic (exact) mass is 274 g/mol. The van der Waals surface area contributed by atoms with Gasteiger partial charge in [0.05, 0.1) is 6.07 Å². The Morgan fingerprint density at radius 3 is 2.12 bits per heavy atom. The molecule has 2 unspecified atom stereocenters. The predicted octanol–water partition coefficient (Wildman–Crippen LogP) is 0.223. The average molecular weight is 274 g/mol. The first kappa shape index (κ1) is 15.7. The van der Waals surface area contributed by atoms with E-state index in [1.54, 1.807) is 0 Å². The molecule has 0 fully saturated rings. The molecule has 0 aromatic carbocycles. The predicted molar refractivity (Wildman–Crippen MR) is 49.2 cm³/mol. The molecule has 0 spiro atoms. The summed E-state index contributed by atoms with van der Waals surface area (Å²) >= 11 is 0. The van der Waals surface area contributed by atoms with Crippen molar-refractivity contribution in [2.24, 2.45) is 0 Å². The summed E-state index contributed by atoms with van der Waals surface area (Å²) in [7, 11) is -4.71. The Labute approximate surface area is 95.1 Å². The van der Waals surface area contributed by atoms with Crippen molar-refractivity contribution in [2.75, 3.05) is 0 Å². The largest absolute Gasteiger partial charge is 0.480 e. The first-order chi connectivity index (χ1) is 7.38. The molecule has 0 radical (unpaired) electrons. The van der Waals surface area contributed by atoms with Crippen molar-refractivity contribution < 1.29 is 31.5 Å². The lowest BCUT2D eigenvalue weighted by molar-refractivity contribution is -0.201. The van der Waals surface area contributed by atoms with Crippen molar-refractivity contribution in [1.29, 1.82) is 5.26 Å². The first-order valence-electron chi connectivity index (χ1n) is 4.11. The van der Waals surface area contributed by atoms with Crippen LogP contribution in [0.3, 0.4) is 0 Å². The standard InChI is InChI=1S/C7H9F3N2O4S/c1-4(3-11)17(15,16)12-6(2,5(13)14)7(8,9)10/h4,12H,1-2H3,(H,13,14). The zero-order valence-corrected chi connectivity index (χ0v) is 9.56. The molecule has 98 valence electrons. The molecule has 0 bridgehead atoms. The molecule has 2 N–H and O–H groups in total. The minimum absolute atomic E-state index is 0.164. The Balaban J connectivity index is 5.49. The second-order valence-corrected chi connectivity index (χ2v) is 5.35. The highest BCUT2D eigenvalue weighted by Gasteiger charge is 2.59. The lowest BCUT2D eigenvalue weighted by atomic mass is 10.0. The van der Waals surface area contributed by atoms with Gasteiger partial charge >= 0.3 is 12.1 Å². The van der Waals surface area contributed by atoms with Crippen LogP contribution in [-0.2, 0) is 14.8 Å². The van der Waals surface area contributed by atoms with Gasteiger partial charge in [-0.05, 0) is 13.8 Å². The van der Waals surface area contributed by atoms with E-state index in [2.05, 4.69) is 0 Å². The molecule has 0 saturated carbocycles. The summed E-state index contributed by atoms with van der Waals surface area (Å²) in [6.07, 6.45) is -5.33. The zero-order valence-electron chi connectivity index (χ0n) is 8.74. The lowest BCUT2D eigenvalue weighted by Crippen LogP contribution is -2.62. The molecule has 0 amide bonds. The number of hydrogen-bond donors (Lipinski definition) is 2. The highest BCUT2D eigenvalue weighted by atomic mass is 32.2. The number of hydrogen-bond acceptors (Lipinski definition) is 4. The van der Waals surface area contributed by atoms with Gasteiger partial charge in [0.15, 0.2) is 5.25 Å². The number of carboxylic acids is 1. The van der Waals surface area contributed by atoms with Crippen molar-refractivity contribution in [1.82, 2.24) is 4.72 Å². The molecule has 0 rings (SSSR count). The second kappa shape index (κ2) is 4.50. The maximum absolute atomic E-state index is 12.5. The van der Waals surface area contributed by atoms with Gasteiger partial charge < -0.3 is 5.11 Å². The molecule has 0 aromatic rings. The normalized spacial score (nSPS) is 17.9. The molecule has 17 heavy (non-hydrogen) atoms. The summed E-state index contributed by atoms with van der Waals surface area (Å²) < 4.78 is 60.8. The van der Waals surface area contributed by atoms with Gasteiger partial charge in [-0.15, -0.1) is 0 Å². The highest BCUT2D eigenvalue weighted by molar-refractivity contribution is 7.90. The fourth-order valence-corrected chi connectivity index (χ4v) is 1.75. The van der Waals surface area contributed by atoms with Gasteiger partial charge in [0.1, 0.15) is 0 Å². The van der Waals surface area contributed by atoms with Crippen molar-refractivity contribution >= 4 is 16.0 Å². The van der Waals surface area contributed by atoms with E-state index in [0.717, 1.165) is 11.6 Å². The molecular formula is C7H9F3N2O4S. The summed E-state index contributed by atoms with van der Waals surface area (Å²) in [6.45, 7) is 0.998. The van der Waals surface area contributed by atoms with Crippen molar-refractivity contribution in [3.8, 4) is 6.07 Å². The molecular weight excluding hydrogens is 265 g/mol. The van der Waals surface area contributed by atoms with Crippen molar-refractivity contribution in [2.45, 2.75) is 30.8 Å². The fraction of sp³-hybridized carbons (Fsp3) is 0.714. The van der Waals surface area contributed by atoms with E-state index >= 15 is 0 Å². The Morgan fingerprint density at radius 2 is 1.88 bits per heavy atom. The summed E-state index contributed by atoms with van der Waals surface area (Å²) in [5.41, 5.74) is -3.67. The van der Waals surface area contributed by atoms with Gasteiger partial charge in [-0.1, -0.05) is 0 Å². The summed E-state index contributed by atoms with van der Waals surface area (Å²) in [4.78, 5) is 10.5. The number of nitriles is 1. The summed E-state index contributed by atoms with van der Waals surface area (Å²) in [5, 5.41) is 15.0. The lowest BCUT2D eigenvalue weighted by Gasteiger charge is -2.28. The third-order valence-corrected chi connectivity index (χ3v) is 3.72. The highest BCUT2D eigenvalue weighted by Crippen LogP contribution is 2.31. The molecule has 0 heterocycles. The number of carbonyl (C=O) groups is 1. The summed E-state index contributed by atoms with van der Waals surface area (Å²) in [6, 6.07) is 1.21. The van der Waals surface area contributed by atoms with E-state index < -0.39 is 33.0 Å². The van der Waals surface area contributed by atoms with Gasteiger partial charge in [0.25, 0.3) is 0 Å². The van der Waals surface area contributed by atoms with Crippen LogP contribution in [0.5, 0.6) is 0 Å². The first-order valence-corrected chi connectivity index (χ1v) is 5.65. The third-order valence-electron chi connectivity index (χ3n) is 1.99. The van der Waals surface area contributed by atoms with Crippen LogP contribution in [0.15, 0.2) is 0 Å². The Hall–Kier alpha value is -1.34. The topological polar surface area (TPSA) is 107 Å². The van der Waals surface area contributed by atoms with E-state index in [-0.39, 0.29) is 6.92 Å². The molecule has 10 heteroatoms. The number of carboxylic acid groups (broad SMARTS) is 1. The molecule has 0 saturated heterocycles. The number of sulfonamides is 1. The molecule has 0 aliphatic carbocycles. The SMILES string of the molecule is CC(C#N)S(=O)(=O)NC(C)(C(=O)O)C(F)(F)F. The fourth-order valence-electron chi connectivity index (χ4n) is 0.665. The van der Waals surface area contributed by atoms with Gasteiger partial charge in [-0.2, -0.15) is 23.2 Å². The van der Waals surface area contributed by atoms with Crippen LogP contribution in [0.4, 0.5) is 13.2 Å². The van der Waals surface area contributed by atoms with Gasteiger partial charge in [-0.3, -0.25) is 0 Å². The molecule has 6 nitrogen and oxygen atoms in total. The van der Waals surface area contributed by atoms with E-state index in [4.69, 9.17) is 10.4 Å².